The molecule has 3 aromatic heterocycles. The lowest BCUT2D eigenvalue weighted by Crippen LogP contribution is -2.49. The Balaban J connectivity index is 1.30. The second-order valence-electron chi connectivity index (χ2n) is 7.38. The number of aryl methyl sites for hydroxylation is 1. The molecule has 1 fully saturated rings. The van der Waals surface area contributed by atoms with Gasteiger partial charge in [0.25, 0.3) is 0 Å². The normalized spacial score (nSPS) is 15.2. The number of fused-ring (bicyclic) bond motifs is 1. The van der Waals surface area contributed by atoms with Crippen molar-refractivity contribution in [3.63, 3.8) is 0 Å². The summed E-state index contributed by atoms with van der Waals surface area (Å²) in [6.07, 6.45) is 3.23. The Morgan fingerprint density at radius 3 is 2.59 bits per heavy atom. The molecule has 4 heterocycles. The van der Waals surface area contributed by atoms with Gasteiger partial charge in [0.2, 0.25) is 10.0 Å². The first-order valence-electron chi connectivity index (χ1n) is 9.99. The minimum absolute atomic E-state index is 0.205. The molecule has 0 radical (unpaired) electrons. The fourth-order valence-electron chi connectivity index (χ4n) is 3.61. The first-order chi connectivity index (χ1) is 15.5. The van der Waals surface area contributed by atoms with Crippen molar-refractivity contribution in [2.24, 2.45) is 0 Å². The lowest BCUT2D eigenvalue weighted by atomic mass is 10.3. The highest BCUT2D eigenvalue weighted by atomic mass is 32.2. The molecular formula is C20H20N8O2S2. The standard InChI is InChI=1S/C20H20N8O2S2/c1-14-5-6-21-17(11-14)24-18-12-19(23-13-22-18)27-7-9-28(10-8-27)32(29,30)16-4-2-3-15-20(16)26-31-25-15/h2-6,11-13H,7-10H2,1H3,(H,21,22,23,24). The summed E-state index contributed by atoms with van der Waals surface area (Å²) in [5.41, 5.74) is 2.12. The summed E-state index contributed by atoms with van der Waals surface area (Å²) in [5, 5.41) is 3.19. The highest BCUT2D eigenvalue weighted by Crippen LogP contribution is 2.26. The highest BCUT2D eigenvalue weighted by molar-refractivity contribution is 7.89. The Morgan fingerprint density at radius 1 is 0.969 bits per heavy atom. The number of piperazine rings is 1. The number of aromatic nitrogens is 5. The molecule has 0 saturated carbocycles. The molecule has 0 unspecified atom stereocenters. The quantitative estimate of drug-likeness (QED) is 0.471. The molecule has 12 heteroatoms. The molecule has 0 bridgehead atoms. The Bertz CT molecular complexity index is 1370. The van der Waals surface area contributed by atoms with Crippen LogP contribution >= 0.6 is 11.7 Å². The van der Waals surface area contributed by atoms with Crippen LogP contribution < -0.4 is 10.2 Å². The van der Waals surface area contributed by atoms with Crippen LogP contribution in [0.2, 0.25) is 0 Å². The molecule has 10 nitrogen and oxygen atoms in total. The molecule has 0 atom stereocenters. The van der Waals surface area contributed by atoms with Crippen LogP contribution in [-0.2, 0) is 10.0 Å². The summed E-state index contributed by atoms with van der Waals surface area (Å²) in [6.45, 7) is 3.73. The first-order valence-corrected chi connectivity index (χ1v) is 12.2. The lowest BCUT2D eigenvalue weighted by Gasteiger charge is -2.34. The smallest absolute Gasteiger partial charge is 0.245 e. The molecule has 1 N–H and O–H groups in total. The van der Waals surface area contributed by atoms with Gasteiger partial charge in [-0.2, -0.15) is 13.1 Å². The third kappa shape index (κ3) is 3.99. The van der Waals surface area contributed by atoms with Crippen LogP contribution in [-0.4, -0.2) is 62.6 Å². The Hall–Kier alpha value is -3.22. The molecule has 1 aliphatic rings. The molecule has 1 saturated heterocycles. The summed E-state index contributed by atoms with van der Waals surface area (Å²) in [6, 6.07) is 10.8. The fourth-order valence-corrected chi connectivity index (χ4v) is 5.78. The van der Waals surface area contributed by atoms with Gasteiger partial charge in [-0.3, -0.25) is 0 Å². The zero-order valence-corrected chi connectivity index (χ0v) is 18.8. The van der Waals surface area contributed by atoms with Gasteiger partial charge in [0.05, 0.1) is 11.7 Å². The van der Waals surface area contributed by atoms with Crippen LogP contribution in [0.4, 0.5) is 17.5 Å². The zero-order chi connectivity index (χ0) is 22.1. The van der Waals surface area contributed by atoms with Crippen LogP contribution in [0.3, 0.4) is 0 Å². The van der Waals surface area contributed by atoms with Gasteiger partial charge in [-0.15, -0.1) is 0 Å². The number of anilines is 3. The molecule has 1 aromatic carbocycles. The molecule has 32 heavy (non-hydrogen) atoms. The summed E-state index contributed by atoms with van der Waals surface area (Å²) in [7, 11) is -3.66. The van der Waals surface area contributed by atoms with Gasteiger partial charge in [0.15, 0.2) is 0 Å². The maximum absolute atomic E-state index is 13.2. The lowest BCUT2D eigenvalue weighted by molar-refractivity contribution is 0.384. The predicted molar refractivity (Wildman–Crippen MR) is 123 cm³/mol. The molecule has 0 aliphatic carbocycles. The van der Waals surface area contributed by atoms with Crippen molar-refractivity contribution in [2.75, 3.05) is 36.4 Å². The van der Waals surface area contributed by atoms with E-state index in [1.165, 1.54) is 10.6 Å². The Morgan fingerprint density at radius 2 is 1.78 bits per heavy atom. The van der Waals surface area contributed by atoms with Gasteiger partial charge in [-0.25, -0.2) is 23.4 Å². The molecule has 164 valence electrons. The monoisotopic (exact) mass is 468 g/mol. The molecule has 1 aliphatic heterocycles. The largest absolute Gasteiger partial charge is 0.354 e. The van der Waals surface area contributed by atoms with Gasteiger partial charge < -0.3 is 10.2 Å². The Kier molecular flexibility index (Phi) is 5.41. The van der Waals surface area contributed by atoms with E-state index in [9.17, 15) is 8.42 Å². The van der Waals surface area contributed by atoms with Crippen LogP contribution in [0, 0.1) is 6.92 Å². The van der Waals surface area contributed by atoms with E-state index in [0.717, 1.165) is 23.1 Å². The van der Waals surface area contributed by atoms with Crippen molar-refractivity contribution in [2.45, 2.75) is 11.8 Å². The third-order valence-corrected chi connectivity index (χ3v) is 7.73. The predicted octanol–water partition coefficient (Wildman–Crippen LogP) is 2.44. The van der Waals surface area contributed by atoms with Gasteiger partial charge in [-0.05, 0) is 36.8 Å². The number of nitrogens with zero attached hydrogens (tertiary/aromatic N) is 7. The minimum Gasteiger partial charge on any atom is -0.354 e. The van der Waals surface area contributed by atoms with Gasteiger partial charge in [0, 0.05) is 38.4 Å². The summed E-state index contributed by atoms with van der Waals surface area (Å²) in [5.74, 6) is 2.07. The van der Waals surface area contributed by atoms with E-state index in [0.29, 0.717) is 48.8 Å². The maximum atomic E-state index is 13.2. The van der Waals surface area contributed by atoms with Gasteiger partial charge in [0.1, 0.15) is 39.7 Å². The molecule has 4 aromatic rings. The van der Waals surface area contributed by atoms with Crippen molar-refractivity contribution >= 4 is 50.2 Å². The number of rotatable bonds is 5. The summed E-state index contributed by atoms with van der Waals surface area (Å²) < 4.78 is 36.3. The average molecular weight is 469 g/mol. The van der Waals surface area contributed by atoms with E-state index >= 15 is 0 Å². The maximum Gasteiger partial charge on any atom is 0.245 e. The van der Waals surface area contributed by atoms with E-state index in [2.05, 4.69) is 29.0 Å². The van der Waals surface area contributed by atoms with Crippen LogP contribution in [0.1, 0.15) is 5.56 Å². The SMILES string of the molecule is Cc1ccnc(Nc2cc(N3CCN(S(=O)(=O)c4cccc5nsnc45)CC3)ncn2)c1. The van der Waals surface area contributed by atoms with Crippen molar-refractivity contribution in [1.82, 2.24) is 28.0 Å². The molecular weight excluding hydrogens is 448 g/mol. The fraction of sp³-hybridized carbons (Fsp3) is 0.250. The minimum atomic E-state index is -3.66. The number of sulfonamides is 1. The number of benzene rings is 1. The summed E-state index contributed by atoms with van der Waals surface area (Å²) >= 11 is 1.01. The van der Waals surface area contributed by atoms with Crippen LogP contribution in [0.15, 0.2) is 53.8 Å². The first kappa shape index (κ1) is 20.7. The average Bonchev–Trinajstić information content (AvgIpc) is 3.28. The highest BCUT2D eigenvalue weighted by Gasteiger charge is 2.31. The van der Waals surface area contributed by atoms with E-state index in [1.807, 2.05) is 30.0 Å². The van der Waals surface area contributed by atoms with Crippen LogP contribution in [0.25, 0.3) is 11.0 Å². The van der Waals surface area contributed by atoms with Crippen LogP contribution in [0.5, 0.6) is 0 Å². The third-order valence-electron chi connectivity index (χ3n) is 5.25. The van der Waals surface area contributed by atoms with E-state index in [4.69, 9.17) is 0 Å². The van der Waals surface area contributed by atoms with Crippen molar-refractivity contribution in [3.05, 3.63) is 54.5 Å². The second kappa shape index (κ2) is 8.37. The number of pyridine rings is 1. The number of hydrogen-bond acceptors (Lipinski definition) is 10. The van der Waals surface area contributed by atoms with E-state index in [1.54, 1.807) is 24.4 Å². The van der Waals surface area contributed by atoms with Crippen molar-refractivity contribution < 1.29 is 8.42 Å². The van der Waals surface area contributed by atoms with Crippen molar-refractivity contribution in [1.29, 1.82) is 0 Å². The Labute approximate surface area is 189 Å². The second-order valence-corrected chi connectivity index (χ2v) is 9.82. The summed E-state index contributed by atoms with van der Waals surface area (Å²) in [4.78, 5) is 15.2. The van der Waals surface area contributed by atoms with E-state index < -0.39 is 10.0 Å². The topological polar surface area (TPSA) is 117 Å². The number of nitrogens with one attached hydrogen (secondary N) is 1. The molecule has 0 spiro atoms. The van der Waals surface area contributed by atoms with Gasteiger partial charge >= 0.3 is 0 Å². The molecule has 5 rings (SSSR count). The van der Waals surface area contributed by atoms with Gasteiger partial charge in [-0.1, -0.05) is 6.07 Å². The van der Waals surface area contributed by atoms with Crippen molar-refractivity contribution in [3.8, 4) is 0 Å². The molecule has 0 amide bonds. The van der Waals surface area contributed by atoms with E-state index in [-0.39, 0.29) is 4.90 Å². The zero-order valence-electron chi connectivity index (χ0n) is 17.2. The number of hydrogen-bond donors (Lipinski definition) is 1.